The van der Waals surface area contributed by atoms with Gasteiger partial charge in [-0.1, -0.05) is 0 Å². The first-order valence-electron chi connectivity index (χ1n) is 10.1. The number of nitrogens with zero attached hydrogens (tertiary/aromatic N) is 1. The van der Waals surface area contributed by atoms with Gasteiger partial charge in [-0.2, -0.15) is 0 Å². The summed E-state index contributed by atoms with van der Waals surface area (Å²) in [6.07, 6.45) is -0.979. The lowest BCUT2D eigenvalue weighted by molar-refractivity contribution is -0.160. The van der Waals surface area contributed by atoms with E-state index in [1.165, 1.54) is 0 Å². The van der Waals surface area contributed by atoms with E-state index in [2.05, 4.69) is 5.32 Å². The van der Waals surface area contributed by atoms with Crippen molar-refractivity contribution < 1.29 is 33.4 Å². The number of carbonyl (C=O) groups excluding carboxylic acids is 4. The molecule has 0 radical (unpaired) electrons. The molecule has 10 heteroatoms. The fourth-order valence-electron chi connectivity index (χ4n) is 2.17. The van der Waals surface area contributed by atoms with Gasteiger partial charge in [0.1, 0.15) is 29.0 Å². The molecule has 0 aliphatic rings. The highest BCUT2D eigenvalue weighted by Crippen LogP contribution is 2.16. The van der Waals surface area contributed by atoms with E-state index in [1.54, 1.807) is 62.3 Å². The van der Waals surface area contributed by atoms with Gasteiger partial charge >= 0.3 is 18.2 Å². The Morgan fingerprint density at radius 1 is 0.903 bits per heavy atom. The maximum absolute atomic E-state index is 12.5. The van der Waals surface area contributed by atoms with Gasteiger partial charge in [-0.3, -0.25) is 15.5 Å². The predicted octanol–water partition coefficient (Wildman–Crippen LogP) is 3.62. The lowest BCUT2D eigenvalue weighted by Gasteiger charge is -2.28. The summed E-state index contributed by atoms with van der Waals surface area (Å²) in [4.78, 5) is 48.9. The highest BCUT2D eigenvalue weighted by molar-refractivity contribution is 5.99. The van der Waals surface area contributed by atoms with Crippen LogP contribution in [0.3, 0.4) is 0 Å². The first-order valence-corrected chi connectivity index (χ1v) is 10.1. The lowest BCUT2D eigenvalue weighted by atomic mass is 10.0. The van der Waals surface area contributed by atoms with Crippen molar-refractivity contribution in [1.82, 2.24) is 10.2 Å². The number of amides is 2. The number of hydrogen-bond acceptors (Lipinski definition) is 8. The molecule has 0 aromatic heterocycles. The number of nitrogens with one attached hydrogen (secondary N) is 2. The van der Waals surface area contributed by atoms with Crippen molar-refractivity contribution in [2.45, 2.75) is 92.0 Å². The summed E-state index contributed by atoms with van der Waals surface area (Å²) >= 11 is 0. The van der Waals surface area contributed by atoms with Crippen LogP contribution in [0.15, 0.2) is 0 Å². The highest BCUT2D eigenvalue weighted by Gasteiger charge is 2.29. The van der Waals surface area contributed by atoms with Crippen LogP contribution in [-0.4, -0.2) is 58.6 Å². The van der Waals surface area contributed by atoms with Crippen LogP contribution < -0.4 is 5.32 Å². The van der Waals surface area contributed by atoms with Crippen LogP contribution in [0.1, 0.15) is 75.2 Å². The van der Waals surface area contributed by atoms with Gasteiger partial charge < -0.3 is 19.0 Å². The van der Waals surface area contributed by atoms with E-state index in [-0.39, 0.29) is 19.4 Å². The topological polar surface area (TPSA) is 135 Å². The molecule has 0 heterocycles. The summed E-state index contributed by atoms with van der Waals surface area (Å²) < 4.78 is 15.6. The second-order valence-corrected chi connectivity index (χ2v) is 10.0. The van der Waals surface area contributed by atoms with Gasteiger partial charge in [-0.15, -0.1) is 0 Å². The van der Waals surface area contributed by atoms with Gasteiger partial charge in [-0.05, 0) is 75.2 Å². The molecule has 2 N–H and O–H groups in total. The molecular formula is C21H37N3O7. The number of aldehydes is 1. The summed E-state index contributed by atoms with van der Waals surface area (Å²) in [6.45, 7) is 15.0. The van der Waals surface area contributed by atoms with Crippen LogP contribution in [0.25, 0.3) is 0 Å². The second-order valence-electron chi connectivity index (χ2n) is 10.0. The molecule has 0 saturated heterocycles. The zero-order valence-electron chi connectivity index (χ0n) is 20.1. The van der Waals surface area contributed by atoms with Gasteiger partial charge in [0.2, 0.25) is 5.96 Å². The molecule has 2 amide bonds. The van der Waals surface area contributed by atoms with Crippen molar-refractivity contribution in [1.29, 1.82) is 5.41 Å². The molecule has 0 fully saturated rings. The SMILES string of the molecule is CC(C)(C)OC(=O)NC(=N)N(CCCC(C=O)C(=O)OC(C)(C)C)C(=O)OC(C)(C)C. The first-order chi connectivity index (χ1) is 13.8. The molecule has 0 saturated carbocycles. The van der Waals surface area contributed by atoms with Crippen molar-refractivity contribution in [3.63, 3.8) is 0 Å². The van der Waals surface area contributed by atoms with Crippen LogP contribution in [-0.2, 0) is 23.8 Å². The Balaban J connectivity index is 5.20. The summed E-state index contributed by atoms with van der Waals surface area (Å²) in [5.74, 6) is -2.20. The summed E-state index contributed by atoms with van der Waals surface area (Å²) in [5.41, 5.74) is -2.35. The first kappa shape index (κ1) is 28.4. The van der Waals surface area contributed by atoms with Crippen molar-refractivity contribution >= 4 is 30.4 Å². The molecule has 1 unspecified atom stereocenters. The molecular weight excluding hydrogens is 406 g/mol. The number of carbonyl (C=O) groups is 4. The molecule has 0 bridgehead atoms. The Morgan fingerprint density at radius 2 is 1.39 bits per heavy atom. The molecule has 178 valence electrons. The second kappa shape index (κ2) is 11.1. The smallest absolute Gasteiger partial charge is 0.417 e. The van der Waals surface area contributed by atoms with Gasteiger partial charge in [0, 0.05) is 6.54 Å². The molecule has 0 aliphatic heterocycles. The van der Waals surface area contributed by atoms with Crippen molar-refractivity contribution in [3.05, 3.63) is 0 Å². The van der Waals surface area contributed by atoms with Crippen molar-refractivity contribution in [2.75, 3.05) is 6.54 Å². The predicted molar refractivity (Wildman–Crippen MR) is 115 cm³/mol. The summed E-state index contributed by atoms with van der Waals surface area (Å²) in [7, 11) is 0. The number of esters is 1. The number of alkyl carbamates (subject to hydrolysis) is 1. The standard InChI is InChI=1S/C21H37N3O7/c1-19(2,3)29-15(26)14(13-25)11-10-12-24(18(28)31-21(7,8)9)16(22)23-17(27)30-20(4,5)6/h13-14H,10-12H2,1-9H3,(H2,22,23,27). The third-order valence-corrected chi connectivity index (χ3v) is 3.27. The lowest BCUT2D eigenvalue weighted by Crippen LogP contribution is -2.49. The van der Waals surface area contributed by atoms with E-state index in [0.717, 1.165) is 4.90 Å². The molecule has 0 rings (SSSR count). The van der Waals surface area contributed by atoms with Gasteiger partial charge in [0.05, 0.1) is 0 Å². The summed E-state index contributed by atoms with van der Waals surface area (Å²) in [5, 5.41) is 10.3. The fourth-order valence-corrected chi connectivity index (χ4v) is 2.17. The van der Waals surface area contributed by atoms with E-state index in [9.17, 15) is 19.2 Å². The van der Waals surface area contributed by atoms with Crippen LogP contribution in [0, 0.1) is 11.3 Å². The van der Waals surface area contributed by atoms with Crippen molar-refractivity contribution in [2.24, 2.45) is 5.92 Å². The zero-order chi connectivity index (χ0) is 24.6. The molecule has 0 aromatic rings. The number of guanidine groups is 1. The number of ether oxygens (including phenoxy) is 3. The minimum atomic E-state index is -1.01. The van der Waals surface area contributed by atoms with E-state index in [1.807, 2.05) is 0 Å². The van der Waals surface area contributed by atoms with Gasteiger partial charge in [0.15, 0.2) is 0 Å². The van der Waals surface area contributed by atoms with Crippen LogP contribution in [0.2, 0.25) is 0 Å². The quantitative estimate of drug-likeness (QED) is 0.160. The van der Waals surface area contributed by atoms with E-state index >= 15 is 0 Å². The van der Waals surface area contributed by atoms with Gasteiger partial charge in [0.25, 0.3) is 0 Å². The van der Waals surface area contributed by atoms with Crippen LogP contribution >= 0.6 is 0 Å². The Kier molecular flexibility index (Phi) is 10.2. The minimum Gasteiger partial charge on any atom is -0.459 e. The van der Waals surface area contributed by atoms with E-state index < -0.39 is 46.8 Å². The zero-order valence-corrected chi connectivity index (χ0v) is 20.1. The van der Waals surface area contributed by atoms with Crippen molar-refractivity contribution in [3.8, 4) is 0 Å². The Labute approximate surface area is 184 Å². The molecule has 31 heavy (non-hydrogen) atoms. The Morgan fingerprint density at radius 3 is 1.81 bits per heavy atom. The number of hydrogen-bond donors (Lipinski definition) is 2. The Hall–Kier alpha value is -2.65. The third-order valence-electron chi connectivity index (χ3n) is 3.27. The Bertz CT molecular complexity index is 670. The maximum atomic E-state index is 12.5. The molecule has 0 aromatic carbocycles. The van der Waals surface area contributed by atoms with Crippen LogP contribution in [0.4, 0.5) is 9.59 Å². The average molecular weight is 444 g/mol. The monoisotopic (exact) mass is 443 g/mol. The average Bonchev–Trinajstić information content (AvgIpc) is 2.49. The van der Waals surface area contributed by atoms with E-state index in [4.69, 9.17) is 19.6 Å². The normalized spacial score (nSPS) is 12.9. The molecule has 10 nitrogen and oxygen atoms in total. The number of rotatable bonds is 6. The maximum Gasteiger partial charge on any atom is 0.417 e. The fraction of sp³-hybridized carbons (Fsp3) is 0.762. The van der Waals surface area contributed by atoms with Crippen LogP contribution in [0.5, 0.6) is 0 Å². The largest absolute Gasteiger partial charge is 0.459 e. The third kappa shape index (κ3) is 13.3. The summed E-state index contributed by atoms with van der Waals surface area (Å²) in [6, 6.07) is 0. The molecule has 0 spiro atoms. The molecule has 1 atom stereocenters. The molecule has 0 aliphatic carbocycles. The van der Waals surface area contributed by atoms with E-state index in [0.29, 0.717) is 6.29 Å². The highest BCUT2D eigenvalue weighted by atomic mass is 16.6. The minimum absolute atomic E-state index is 0.0727. The van der Waals surface area contributed by atoms with Gasteiger partial charge in [-0.25, -0.2) is 14.5 Å².